The first-order valence-corrected chi connectivity index (χ1v) is 7.64. The zero-order valence-corrected chi connectivity index (χ0v) is 13.2. The van der Waals surface area contributed by atoms with Crippen LogP contribution < -0.4 is 4.90 Å². The Kier molecular flexibility index (Phi) is 5.58. The van der Waals surface area contributed by atoms with Gasteiger partial charge in [-0.3, -0.25) is 0 Å². The molecule has 6 nitrogen and oxygen atoms in total. The lowest BCUT2D eigenvalue weighted by atomic mass is 10.3. The third kappa shape index (κ3) is 4.06. The van der Waals surface area contributed by atoms with Crippen molar-refractivity contribution >= 4 is 28.0 Å². The van der Waals surface area contributed by atoms with E-state index in [9.17, 15) is 4.79 Å². The summed E-state index contributed by atoms with van der Waals surface area (Å²) in [7, 11) is 0. The SMILES string of the molecule is CCCCOC(=O)N1CCN(c2ncc(Br)cn2)CC1. The molecule has 0 spiro atoms. The van der Waals surface area contributed by atoms with E-state index in [1.807, 2.05) is 0 Å². The van der Waals surface area contributed by atoms with E-state index in [1.54, 1.807) is 17.3 Å². The summed E-state index contributed by atoms with van der Waals surface area (Å²) in [5, 5.41) is 0. The van der Waals surface area contributed by atoms with Crippen molar-refractivity contribution in [3.8, 4) is 0 Å². The van der Waals surface area contributed by atoms with Gasteiger partial charge in [0.05, 0.1) is 11.1 Å². The van der Waals surface area contributed by atoms with Crippen LogP contribution >= 0.6 is 15.9 Å². The molecule has 0 aromatic carbocycles. The molecule has 1 amide bonds. The van der Waals surface area contributed by atoms with Gasteiger partial charge in [-0.2, -0.15) is 0 Å². The van der Waals surface area contributed by atoms with E-state index in [4.69, 9.17) is 4.74 Å². The standard InChI is InChI=1S/C13H19BrN4O2/c1-2-3-8-20-13(19)18-6-4-17(5-7-18)12-15-9-11(14)10-16-12/h9-10H,2-8H2,1H3. The van der Waals surface area contributed by atoms with Gasteiger partial charge in [-0.05, 0) is 22.4 Å². The minimum absolute atomic E-state index is 0.213. The number of ether oxygens (including phenoxy) is 1. The van der Waals surface area contributed by atoms with Gasteiger partial charge in [-0.25, -0.2) is 14.8 Å². The van der Waals surface area contributed by atoms with Gasteiger partial charge in [0.15, 0.2) is 0 Å². The summed E-state index contributed by atoms with van der Waals surface area (Å²) in [6.45, 7) is 5.32. The van der Waals surface area contributed by atoms with Crippen molar-refractivity contribution in [2.45, 2.75) is 19.8 Å². The largest absolute Gasteiger partial charge is 0.449 e. The quantitative estimate of drug-likeness (QED) is 0.785. The molecule has 0 atom stereocenters. The fourth-order valence-corrected chi connectivity index (χ4v) is 2.16. The van der Waals surface area contributed by atoms with Gasteiger partial charge >= 0.3 is 6.09 Å². The van der Waals surface area contributed by atoms with Crippen LogP contribution in [0.2, 0.25) is 0 Å². The molecule has 0 radical (unpaired) electrons. The third-order valence-electron chi connectivity index (χ3n) is 3.15. The molecule has 1 aliphatic rings. The maximum absolute atomic E-state index is 11.8. The second-order valence-corrected chi connectivity index (χ2v) is 5.56. The number of nitrogens with zero attached hydrogens (tertiary/aromatic N) is 4. The molecule has 0 saturated carbocycles. The van der Waals surface area contributed by atoms with Crippen LogP contribution in [-0.2, 0) is 4.74 Å². The lowest BCUT2D eigenvalue weighted by Gasteiger charge is -2.34. The van der Waals surface area contributed by atoms with E-state index in [1.165, 1.54) is 0 Å². The van der Waals surface area contributed by atoms with E-state index in [0.717, 1.165) is 30.4 Å². The second kappa shape index (κ2) is 7.42. The zero-order chi connectivity index (χ0) is 14.4. The molecule has 1 aromatic heterocycles. The van der Waals surface area contributed by atoms with Gasteiger partial charge in [0, 0.05) is 38.6 Å². The molecule has 20 heavy (non-hydrogen) atoms. The highest BCUT2D eigenvalue weighted by Gasteiger charge is 2.23. The first kappa shape index (κ1) is 15.0. The van der Waals surface area contributed by atoms with Crippen molar-refractivity contribution in [2.24, 2.45) is 0 Å². The van der Waals surface area contributed by atoms with E-state index >= 15 is 0 Å². The maximum atomic E-state index is 11.8. The Bertz CT molecular complexity index is 433. The molecule has 1 aliphatic heterocycles. The topological polar surface area (TPSA) is 58.6 Å². The average Bonchev–Trinajstić information content (AvgIpc) is 2.48. The molecule has 2 rings (SSSR count). The van der Waals surface area contributed by atoms with E-state index < -0.39 is 0 Å². The first-order valence-electron chi connectivity index (χ1n) is 6.85. The van der Waals surface area contributed by atoms with Crippen molar-refractivity contribution in [3.63, 3.8) is 0 Å². The summed E-state index contributed by atoms with van der Waals surface area (Å²) >= 11 is 3.32. The fraction of sp³-hybridized carbons (Fsp3) is 0.615. The van der Waals surface area contributed by atoms with Gasteiger partial charge in [0.25, 0.3) is 0 Å². The van der Waals surface area contributed by atoms with Crippen molar-refractivity contribution in [2.75, 3.05) is 37.7 Å². The predicted molar refractivity (Wildman–Crippen MR) is 79.8 cm³/mol. The molecule has 1 aromatic rings. The van der Waals surface area contributed by atoms with E-state index in [-0.39, 0.29) is 6.09 Å². The highest BCUT2D eigenvalue weighted by atomic mass is 79.9. The molecular formula is C13H19BrN4O2. The number of amides is 1. The number of halogens is 1. The van der Waals surface area contributed by atoms with Gasteiger partial charge in [0.1, 0.15) is 0 Å². The number of carbonyl (C=O) groups excluding carboxylic acids is 1. The Hall–Kier alpha value is -1.37. The Morgan fingerprint density at radius 3 is 2.55 bits per heavy atom. The van der Waals surface area contributed by atoms with Crippen LogP contribution in [0, 0.1) is 0 Å². The van der Waals surface area contributed by atoms with Gasteiger partial charge in [-0.1, -0.05) is 13.3 Å². The molecule has 0 bridgehead atoms. The molecule has 1 fully saturated rings. The molecule has 0 unspecified atom stereocenters. The van der Waals surface area contributed by atoms with Gasteiger partial charge < -0.3 is 14.5 Å². The van der Waals surface area contributed by atoms with Gasteiger partial charge in [-0.15, -0.1) is 0 Å². The van der Waals surface area contributed by atoms with Crippen molar-refractivity contribution in [3.05, 3.63) is 16.9 Å². The highest BCUT2D eigenvalue weighted by Crippen LogP contribution is 2.13. The van der Waals surface area contributed by atoms with E-state index in [2.05, 4.69) is 37.7 Å². The highest BCUT2D eigenvalue weighted by molar-refractivity contribution is 9.10. The number of aromatic nitrogens is 2. The summed E-state index contributed by atoms with van der Waals surface area (Å²) in [5.41, 5.74) is 0. The van der Waals surface area contributed by atoms with Crippen LogP contribution in [0.1, 0.15) is 19.8 Å². The third-order valence-corrected chi connectivity index (χ3v) is 3.56. The van der Waals surface area contributed by atoms with Crippen molar-refractivity contribution in [1.82, 2.24) is 14.9 Å². The minimum Gasteiger partial charge on any atom is -0.449 e. The smallest absolute Gasteiger partial charge is 0.409 e. The molecule has 7 heteroatoms. The Labute approximate surface area is 127 Å². The molecule has 2 heterocycles. The number of hydrogen-bond donors (Lipinski definition) is 0. The Balaban J connectivity index is 1.80. The molecule has 0 N–H and O–H groups in total. The molecule has 0 aliphatic carbocycles. The lowest BCUT2D eigenvalue weighted by Crippen LogP contribution is -2.49. The summed E-state index contributed by atoms with van der Waals surface area (Å²) < 4.78 is 6.07. The predicted octanol–water partition coefficient (Wildman–Crippen LogP) is 2.30. The zero-order valence-electron chi connectivity index (χ0n) is 11.6. The number of piperazine rings is 1. The second-order valence-electron chi connectivity index (χ2n) is 4.64. The van der Waals surface area contributed by atoms with Crippen molar-refractivity contribution < 1.29 is 9.53 Å². The first-order chi connectivity index (χ1) is 9.70. The van der Waals surface area contributed by atoms with Gasteiger partial charge in [0.2, 0.25) is 5.95 Å². The van der Waals surface area contributed by atoms with Crippen LogP contribution in [0.25, 0.3) is 0 Å². The maximum Gasteiger partial charge on any atom is 0.409 e. The normalized spacial score (nSPS) is 15.3. The molecular weight excluding hydrogens is 324 g/mol. The number of anilines is 1. The van der Waals surface area contributed by atoms with Crippen molar-refractivity contribution in [1.29, 1.82) is 0 Å². The van der Waals surface area contributed by atoms with E-state index in [0.29, 0.717) is 25.6 Å². The molecule has 110 valence electrons. The summed E-state index contributed by atoms with van der Waals surface area (Å²) in [6, 6.07) is 0. The van der Waals surface area contributed by atoms with Crippen LogP contribution in [-0.4, -0.2) is 53.7 Å². The Morgan fingerprint density at radius 1 is 1.30 bits per heavy atom. The lowest BCUT2D eigenvalue weighted by molar-refractivity contribution is 0.0988. The summed E-state index contributed by atoms with van der Waals surface area (Å²) in [5.74, 6) is 0.701. The summed E-state index contributed by atoms with van der Waals surface area (Å²) in [4.78, 5) is 24.2. The number of carbonyl (C=O) groups is 1. The fourth-order valence-electron chi connectivity index (χ4n) is 1.95. The summed E-state index contributed by atoms with van der Waals surface area (Å²) in [6.07, 6.45) is 5.19. The number of unbranched alkanes of at least 4 members (excludes halogenated alkanes) is 1. The molecule has 1 saturated heterocycles. The Morgan fingerprint density at radius 2 is 1.95 bits per heavy atom. The van der Waals surface area contributed by atoms with Crippen LogP contribution in [0.15, 0.2) is 16.9 Å². The van der Waals surface area contributed by atoms with Crippen LogP contribution in [0.4, 0.5) is 10.7 Å². The number of rotatable bonds is 4. The average molecular weight is 343 g/mol. The number of hydrogen-bond acceptors (Lipinski definition) is 5. The minimum atomic E-state index is -0.213. The van der Waals surface area contributed by atoms with Crippen LogP contribution in [0.3, 0.4) is 0 Å². The monoisotopic (exact) mass is 342 g/mol. The van der Waals surface area contributed by atoms with Crippen LogP contribution in [0.5, 0.6) is 0 Å².